The Morgan fingerprint density at radius 3 is 2.65 bits per heavy atom. The molecule has 0 radical (unpaired) electrons. The first kappa shape index (κ1) is 23.4. The third-order valence-corrected chi connectivity index (χ3v) is 8.23. The maximum atomic E-state index is 13.7. The number of hydrogen-bond donors (Lipinski definition) is 0. The van der Waals surface area contributed by atoms with Gasteiger partial charge in [0.15, 0.2) is 5.13 Å². The van der Waals surface area contributed by atoms with Gasteiger partial charge in [-0.15, -0.1) is 0 Å². The Kier molecular flexibility index (Phi) is 5.75. The molecule has 5 rings (SSSR count). The molecule has 34 heavy (non-hydrogen) atoms. The van der Waals surface area contributed by atoms with Crippen molar-refractivity contribution >= 4 is 56.2 Å². The van der Waals surface area contributed by atoms with Crippen LogP contribution in [-0.4, -0.2) is 69.5 Å². The van der Waals surface area contributed by atoms with Gasteiger partial charge in [-0.25, -0.2) is 9.78 Å². The average Bonchev–Trinajstić information content (AvgIpc) is 3.52. The summed E-state index contributed by atoms with van der Waals surface area (Å²) in [5.74, 6) is -0.474. The number of rotatable bonds is 2. The molecule has 10 heteroatoms. The van der Waals surface area contributed by atoms with Crippen LogP contribution in [0.15, 0.2) is 18.2 Å². The highest BCUT2D eigenvalue weighted by Crippen LogP contribution is 2.43. The van der Waals surface area contributed by atoms with Crippen molar-refractivity contribution in [1.82, 2.24) is 14.8 Å². The van der Waals surface area contributed by atoms with E-state index in [2.05, 4.69) is 4.98 Å². The van der Waals surface area contributed by atoms with Crippen LogP contribution in [-0.2, 0) is 14.3 Å². The van der Waals surface area contributed by atoms with Crippen LogP contribution in [0.5, 0.6) is 0 Å². The quantitative estimate of drug-likeness (QED) is 0.609. The fourth-order valence-corrected chi connectivity index (χ4v) is 6.80. The third-order valence-electron chi connectivity index (χ3n) is 6.90. The maximum Gasteiger partial charge on any atom is 0.410 e. The molecule has 0 N–H and O–H groups in total. The molecule has 4 heterocycles. The highest BCUT2D eigenvalue weighted by Gasteiger charge is 2.55. The molecular weight excluding hydrogens is 476 g/mol. The van der Waals surface area contributed by atoms with Crippen LogP contribution in [0.1, 0.15) is 47.0 Å². The van der Waals surface area contributed by atoms with Crippen molar-refractivity contribution < 1.29 is 19.1 Å². The first-order valence-electron chi connectivity index (χ1n) is 11.7. The summed E-state index contributed by atoms with van der Waals surface area (Å²) < 4.78 is 6.47. The molecule has 4 atom stereocenters. The van der Waals surface area contributed by atoms with Crippen LogP contribution in [0.25, 0.3) is 10.2 Å². The van der Waals surface area contributed by atoms with E-state index in [-0.39, 0.29) is 29.8 Å². The molecule has 0 saturated carbocycles. The molecule has 3 aliphatic rings. The average molecular weight is 505 g/mol. The van der Waals surface area contributed by atoms with Crippen molar-refractivity contribution in [2.75, 3.05) is 18.0 Å². The Balaban J connectivity index is 1.39. The normalized spacial score (nSPS) is 27.1. The Bertz CT molecular complexity index is 1160. The Hall–Kier alpha value is -2.39. The molecule has 3 fully saturated rings. The molecule has 1 aromatic heterocycles. The molecule has 182 valence electrons. The smallest absolute Gasteiger partial charge is 0.410 e. The monoisotopic (exact) mass is 504 g/mol. The topological polar surface area (TPSA) is 83.1 Å². The lowest BCUT2D eigenvalue weighted by Crippen LogP contribution is -2.52. The summed E-state index contributed by atoms with van der Waals surface area (Å²) >= 11 is 7.76. The van der Waals surface area contributed by atoms with Gasteiger partial charge >= 0.3 is 6.09 Å². The van der Waals surface area contributed by atoms with Crippen LogP contribution in [0.2, 0.25) is 5.02 Å². The van der Waals surface area contributed by atoms with E-state index < -0.39 is 17.7 Å². The highest BCUT2D eigenvalue weighted by atomic mass is 35.5. The number of carbonyl (C=O) groups is 3. The Morgan fingerprint density at radius 2 is 1.94 bits per heavy atom. The van der Waals surface area contributed by atoms with Crippen molar-refractivity contribution in [3.8, 4) is 0 Å². The van der Waals surface area contributed by atoms with Gasteiger partial charge in [0.2, 0.25) is 11.8 Å². The lowest BCUT2D eigenvalue weighted by atomic mass is 10.0. The number of thiazole rings is 1. The zero-order valence-corrected chi connectivity index (χ0v) is 21.4. The number of nitrogens with zero attached hydrogens (tertiary/aromatic N) is 4. The minimum Gasteiger partial charge on any atom is -0.444 e. The second kappa shape index (κ2) is 8.37. The molecule has 0 unspecified atom stereocenters. The molecule has 0 aliphatic carbocycles. The van der Waals surface area contributed by atoms with Crippen LogP contribution >= 0.6 is 22.9 Å². The number of likely N-dealkylation sites (tertiary alicyclic amines) is 2. The van der Waals surface area contributed by atoms with Gasteiger partial charge < -0.3 is 9.64 Å². The maximum absolute atomic E-state index is 13.7. The predicted molar refractivity (Wildman–Crippen MR) is 131 cm³/mol. The summed E-state index contributed by atoms with van der Waals surface area (Å²) in [4.78, 5) is 49.6. The van der Waals surface area contributed by atoms with E-state index in [1.54, 1.807) is 15.9 Å². The van der Waals surface area contributed by atoms with Gasteiger partial charge in [-0.05, 0) is 52.2 Å². The SMILES string of the molecule is C[C@@H]1C(=O)N(c2nc3c(Cl)cccc3s2)[C@H]2CCN(C(=O)[C@@H]3CCCN3C(=O)OC(C)(C)C)[C@H]12. The minimum atomic E-state index is -0.626. The van der Waals surface area contributed by atoms with Gasteiger partial charge in [-0.3, -0.25) is 19.4 Å². The summed E-state index contributed by atoms with van der Waals surface area (Å²) in [6.07, 6.45) is 1.58. The van der Waals surface area contributed by atoms with E-state index in [4.69, 9.17) is 16.3 Å². The van der Waals surface area contributed by atoms with Crippen LogP contribution in [0.3, 0.4) is 0 Å². The number of fused-ring (bicyclic) bond motifs is 2. The molecule has 0 bridgehead atoms. The number of anilines is 1. The van der Waals surface area contributed by atoms with Gasteiger partial charge in [-0.2, -0.15) is 0 Å². The summed E-state index contributed by atoms with van der Waals surface area (Å²) in [7, 11) is 0. The molecule has 3 saturated heterocycles. The van der Waals surface area contributed by atoms with Gasteiger partial charge in [0, 0.05) is 13.1 Å². The third kappa shape index (κ3) is 3.82. The van der Waals surface area contributed by atoms with Gasteiger partial charge in [0.05, 0.1) is 27.7 Å². The van der Waals surface area contributed by atoms with E-state index in [1.165, 1.54) is 11.3 Å². The van der Waals surface area contributed by atoms with Crippen molar-refractivity contribution in [3.05, 3.63) is 23.2 Å². The number of halogens is 1. The van der Waals surface area contributed by atoms with Crippen molar-refractivity contribution in [3.63, 3.8) is 0 Å². The van der Waals surface area contributed by atoms with E-state index in [1.807, 2.05) is 44.7 Å². The van der Waals surface area contributed by atoms with Crippen molar-refractivity contribution in [2.45, 2.75) is 70.7 Å². The second-order valence-electron chi connectivity index (χ2n) is 10.3. The molecule has 8 nitrogen and oxygen atoms in total. The fraction of sp³-hybridized carbons (Fsp3) is 0.583. The van der Waals surface area contributed by atoms with Crippen LogP contribution in [0, 0.1) is 5.92 Å². The molecule has 2 aromatic rings. The van der Waals surface area contributed by atoms with E-state index in [0.717, 1.165) is 11.1 Å². The van der Waals surface area contributed by atoms with E-state index >= 15 is 0 Å². The Labute approximate surface area is 207 Å². The molecule has 1 aromatic carbocycles. The lowest BCUT2D eigenvalue weighted by molar-refractivity contribution is -0.137. The summed E-state index contributed by atoms with van der Waals surface area (Å²) in [5.41, 5.74) is 0.0666. The van der Waals surface area contributed by atoms with Crippen molar-refractivity contribution in [2.24, 2.45) is 5.92 Å². The number of ether oxygens (including phenoxy) is 1. The Morgan fingerprint density at radius 1 is 1.18 bits per heavy atom. The lowest BCUT2D eigenvalue weighted by Gasteiger charge is -2.33. The first-order valence-corrected chi connectivity index (χ1v) is 12.9. The number of amides is 3. The highest BCUT2D eigenvalue weighted by molar-refractivity contribution is 7.22. The molecular formula is C24H29ClN4O4S. The predicted octanol–water partition coefficient (Wildman–Crippen LogP) is 4.30. The summed E-state index contributed by atoms with van der Waals surface area (Å²) in [6, 6.07) is 4.67. The first-order chi connectivity index (χ1) is 16.1. The van der Waals surface area contributed by atoms with Gasteiger partial charge in [-0.1, -0.05) is 35.9 Å². The summed E-state index contributed by atoms with van der Waals surface area (Å²) in [6.45, 7) is 8.38. The molecule has 3 amide bonds. The second-order valence-corrected chi connectivity index (χ2v) is 11.7. The standard InChI is InChI=1S/C24H29ClN4O4S/c1-13-19-15(29(20(13)30)22-26-18-14(25)7-5-9-17(18)34-22)10-12-28(19)21(31)16-8-6-11-27(16)23(32)33-24(2,3)4/h5,7,9,13,15-16,19H,6,8,10-12H2,1-4H3/t13-,15-,16-,19+/m0/s1. The van der Waals surface area contributed by atoms with E-state index in [0.29, 0.717) is 41.6 Å². The molecule has 0 spiro atoms. The summed E-state index contributed by atoms with van der Waals surface area (Å²) in [5, 5.41) is 1.18. The fourth-order valence-electron chi connectivity index (χ4n) is 5.47. The largest absolute Gasteiger partial charge is 0.444 e. The van der Waals surface area contributed by atoms with Gasteiger partial charge in [0.1, 0.15) is 17.2 Å². The number of hydrogen-bond acceptors (Lipinski definition) is 6. The number of benzene rings is 1. The number of para-hydroxylation sites is 1. The van der Waals surface area contributed by atoms with Gasteiger partial charge in [0.25, 0.3) is 0 Å². The minimum absolute atomic E-state index is 0.0295. The zero-order chi connectivity index (χ0) is 24.4. The van der Waals surface area contributed by atoms with Crippen LogP contribution in [0.4, 0.5) is 9.93 Å². The number of carbonyl (C=O) groups excluding carboxylic acids is 3. The van der Waals surface area contributed by atoms with Crippen molar-refractivity contribution in [1.29, 1.82) is 0 Å². The van der Waals surface area contributed by atoms with Crippen LogP contribution < -0.4 is 4.90 Å². The zero-order valence-electron chi connectivity index (χ0n) is 19.8. The number of aromatic nitrogens is 1. The molecule has 3 aliphatic heterocycles. The van der Waals surface area contributed by atoms with E-state index in [9.17, 15) is 14.4 Å².